The lowest BCUT2D eigenvalue weighted by Crippen LogP contribution is -2.05. The van der Waals surface area contributed by atoms with Gasteiger partial charge in [-0.3, -0.25) is 15.5 Å². The maximum atomic E-state index is 11.0. The van der Waals surface area contributed by atoms with Gasteiger partial charge in [-0.15, -0.1) is 0 Å². The van der Waals surface area contributed by atoms with E-state index in [4.69, 9.17) is 15.2 Å². The number of ether oxygens (including phenoxy) is 2. The lowest BCUT2D eigenvalue weighted by atomic mass is 10.2. The molecule has 3 N–H and O–H groups in total. The molecule has 0 aliphatic carbocycles. The number of aromatic nitrogens is 2. The van der Waals surface area contributed by atoms with Crippen molar-refractivity contribution in [3.8, 4) is 11.5 Å². The molecule has 10 heteroatoms. The lowest BCUT2D eigenvalue weighted by Gasteiger charge is -2.09. The highest BCUT2D eigenvalue weighted by Gasteiger charge is 2.20. The van der Waals surface area contributed by atoms with Gasteiger partial charge in [-0.05, 0) is 12.1 Å². The van der Waals surface area contributed by atoms with Crippen molar-refractivity contribution in [3.05, 3.63) is 40.2 Å². The average Bonchev–Trinajstić information content (AvgIpc) is 2.54. The van der Waals surface area contributed by atoms with E-state index in [0.717, 1.165) is 6.33 Å². The molecule has 23 heavy (non-hydrogen) atoms. The zero-order valence-corrected chi connectivity index (χ0v) is 12.4. The van der Waals surface area contributed by atoms with Crippen LogP contribution >= 0.6 is 0 Å². The molecule has 0 bridgehead atoms. The highest BCUT2D eigenvalue weighted by atomic mass is 16.6. The number of nitrogens with zero attached hydrogens (tertiary/aromatic N) is 4. The minimum Gasteiger partial charge on any atom is -0.493 e. The summed E-state index contributed by atoms with van der Waals surface area (Å²) in [5.41, 5.74) is 8.11. The number of rotatable bonds is 6. The molecular formula is C13H14N6O4. The minimum atomic E-state index is -0.681. The van der Waals surface area contributed by atoms with Gasteiger partial charge in [-0.25, -0.2) is 9.97 Å². The van der Waals surface area contributed by atoms with Crippen LogP contribution in [-0.4, -0.2) is 35.3 Å². The van der Waals surface area contributed by atoms with Crippen molar-refractivity contribution in [3.63, 3.8) is 0 Å². The van der Waals surface area contributed by atoms with Crippen LogP contribution in [0, 0.1) is 10.1 Å². The predicted molar refractivity (Wildman–Crippen MR) is 83.9 cm³/mol. The molecule has 0 spiro atoms. The van der Waals surface area contributed by atoms with Gasteiger partial charge in [-0.2, -0.15) is 5.10 Å². The van der Waals surface area contributed by atoms with Crippen molar-refractivity contribution < 1.29 is 14.4 Å². The van der Waals surface area contributed by atoms with Gasteiger partial charge in [0.25, 0.3) is 0 Å². The monoisotopic (exact) mass is 318 g/mol. The summed E-state index contributed by atoms with van der Waals surface area (Å²) in [6.45, 7) is 0. The maximum Gasteiger partial charge on any atom is 0.354 e. The van der Waals surface area contributed by atoms with Crippen LogP contribution in [0.5, 0.6) is 11.5 Å². The fraction of sp³-hybridized carbons (Fsp3) is 0.154. The molecule has 10 nitrogen and oxygen atoms in total. The first-order valence-corrected chi connectivity index (χ1v) is 6.33. The molecule has 0 aliphatic heterocycles. The fourth-order valence-electron chi connectivity index (χ4n) is 1.83. The van der Waals surface area contributed by atoms with E-state index in [2.05, 4.69) is 20.5 Å². The minimum absolute atomic E-state index is 0.111. The number of hydrogen-bond acceptors (Lipinski definition) is 9. The summed E-state index contributed by atoms with van der Waals surface area (Å²) < 4.78 is 10.4. The predicted octanol–water partition coefficient (Wildman–Crippen LogP) is 1.43. The van der Waals surface area contributed by atoms with E-state index in [1.54, 1.807) is 18.2 Å². The number of nitrogens with two attached hydrogens (primary N) is 1. The molecule has 0 amide bonds. The molecule has 1 aromatic heterocycles. The molecule has 0 saturated heterocycles. The number of nitrogen functional groups attached to an aromatic ring is 1. The Morgan fingerprint density at radius 1 is 1.35 bits per heavy atom. The van der Waals surface area contributed by atoms with Gasteiger partial charge < -0.3 is 15.2 Å². The molecule has 2 rings (SSSR count). The van der Waals surface area contributed by atoms with Crippen molar-refractivity contribution in [1.82, 2.24) is 9.97 Å². The highest BCUT2D eigenvalue weighted by molar-refractivity contribution is 5.85. The third kappa shape index (κ3) is 3.43. The summed E-state index contributed by atoms with van der Waals surface area (Å²) in [5, 5.41) is 14.9. The van der Waals surface area contributed by atoms with Crippen LogP contribution in [0.1, 0.15) is 5.56 Å². The van der Waals surface area contributed by atoms with E-state index in [9.17, 15) is 10.1 Å². The summed E-state index contributed by atoms with van der Waals surface area (Å²) in [4.78, 5) is 17.6. The molecule has 0 aliphatic rings. The van der Waals surface area contributed by atoms with Crippen molar-refractivity contribution in [1.29, 1.82) is 0 Å². The first-order chi connectivity index (χ1) is 11.1. The average molecular weight is 318 g/mol. The van der Waals surface area contributed by atoms with Gasteiger partial charge in [0, 0.05) is 5.56 Å². The lowest BCUT2D eigenvalue weighted by molar-refractivity contribution is -0.383. The quantitative estimate of drug-likeness (QED) is 0.463. The second-order valence-corrected chi connectivity index (χ2v) is 4.17. The molecule has 1 heterocycles. The van der Waals surface area contributed by atoms with E-state index >= 15 is 0 Å². The first kappa shape index (κ1) is 15.9. The van der Waals surface area contributed by atoms with Gasteiger partial charge in [0.2, 0.25) is 11.6 Å². The van der Waals surface area contributed by atoms with Gasteiger partial charge >= 0.3 is 5.69 Å². The maximum absolute atomic E-state index is 11.0. The Labute approximate surface area is 131 Å². The number of benzene rings is 1. The topological polar surface area (TPSA) is 138 Å². The Bertz CT molecular complexity index is 749. The second-order valence-electron chi connectivity index (χ2n) is 4.17. The van der Waals surface area contributed by atoms with E-state index in [-0.39, 0.29) is 11.6 Å². The highest BCUT2D eigenvalue weighted by Crippen LogP contribution is 2.30. The summed E-state index contributed by atoms with van der Waals surface area (Å²) in [6, 6.07) is 5.24. The number of hydrazone groups is 1. The Kier molecular flexibility index (Phi) is 4.87. The summed E-state index contributed by atoms with van der Waals surface area (Å²) >= 11 is 0. The first-order valence-electron chi connectivity index (χ1n) is 6.33. The number of nitrogens with one attached hydrogen (secondary N) is 1. The Balaban J connectivity index is 2.27. The molecule has 2 aromatic rings. The third-order valence-electron chi connectivity index (χ3n) is 2.84. The number of hydrogen-bond donors (Lipinski definition) is 2. The number of nitro groups is 1. The summed E-state index contributed by atoms with van der Waals surface area (Å²) in [5.74, 6) is 0.660. The van der Waals surface area contributed by atoms with Crippen LogP contribution in [0.4, 0.5) is 17.3 Å². The van der Waals surface area contributed by atoms with E-state index in [1.807, 2.05) is 0 Å². The van der Waals surface area contributed by atoms with Gasteiger partial charge in [-0.1, -0.05) is 6.07 Å². The largest absolute Gasteiger partial charge is 0.493 e. The van der Waals surface area contributed by atoms with E-state index < -0.39 is 10.6 Å². The molecule has 0 saturated carbocycles. The number of anilines is 2. The Hall–Kier alpha value is -3.43. The molecule has 0 unspecified atom stereocenters. The Morgan fingerprint density at radius 3 is 2.78 bits per heavy atom. The van der Waals surface area contributed by atoms with Gasteiger partial charge in [0.05, 0.1) is 25.4 Å². The molecule has 1 aromatic carbocycles. The molecule has 0 radical (unpaired) electrons. The zero-order chi connectivity index (χ0) is 16.8. The normalized spacial score (nSPS) is 10.5. The van der Waals surface area contributed by atoms with Crippen LogP contribution in [0.2, 0.25) is 0 Å². The van der Waals surface area contributed by atoms with Gasteiger partial charge in [0.1, 0.15) is 6.33 Å². The van der Waals surface area contributed by atoms with Gasteiger partial charge in [0.15, 0.2) is 11.5 Å². The van der Waals surface area contributed by atoms with E-state index in [1.165, 1.54) is 20.4 Å². The fourth-order valence-corrected chi connectivity index (χ4v) is 1.83. The zero-order valence-electron chi connectivity index (χ0n) is 12.4. The smallest absolute Gasteiger partial charge is 0.354 e. The Morgan fingerprint density at radius 2 is 2.13 bits per heavy atom. The van der Waals surface area contributed by atoms with Crippen LogP contribution in [0.15, 0.2) is 29.6 Å². The number of para-hydroxylation sites is 1. The van der Waals surface area contributed by atoms with E-state index in [0.29, 0.717) is 17.1 Å². The summed E-state index contributed by atoms with van der Waals surface area (Å²) in [7, 11) is 3.02. The van der Waals surface area contributed by atoms with Crippen molar-refractivity contribution in [2.75, 3.05) is 25.4 Å². The van der Waals surface area contributed by atoms with Crippen molar-refractivity contribution in [2.24, 2.45) is 5.10 Å². The van der Waals surface area contributed by atoms with Crippen LogP contribution in [0.3, 0.4) is 0 Å². The third-order valence-corrected chi connectivity index (χ3v) is 2.84. The standard InChI is InChI=1S/C13H14N6O4/c1-22-9-5-3-4-8(11(9)23-2)6-17-18-13-10(19(20)21)12(14)15-7-16-13/h3-7H,1-2H3,(H3,14,15,16,18)/b17-6+. The van der Waals surface area contributed by atoms with Crippen LogP contribution in [0.25, 0.3) is 0 Å². The number of methoxy groups -OCH3 is 2. The van der Waals surface area contributed by atoms with Crippen LogP contribution in [-0.2, 0) is 0 Å². The van der Waals surface area contributed by atoms with Crippen molar-refractivity contribution >= 4 is 23.5 Å². The second kappa shape index (κ2) is 7.02. The van der Waals surface area contributed by atoms with Crippen molar-refractivity contribution in [2.45, 2.75) is 0 Å². The molecule has 0 fully saturated rings. The molecular weight excluding hydrogens is 304 g/mol. The molecule has 120 valence electrons. The van der Waals surface area contributed by atoms with Crippen LogP contribution < -0.4 is 20.6 Å². The summed E-state index contributed by atoms with van der Waals surface area (Å²) in [6.07, 6.45) is 2.52. The molecule has 0 atom stereocenters. The SMILES string of the molecule is COc1cccc(/C=N/Nc2ncnc(N)c2[N+](=O)[O-])c1OC.